The number of methoxy groups -OCH3 is 1. The first kappa shape index (κ1) is 12.8. The van der Waals surface area contributed by atoms with E-state index >= 15 is 0 Å². The maximum atomic E-state index is 11.7. The van der Waals surface area contributed by atoms with Crippen molar-refractivity contribution in [3.63, 3.8) is 0 Å². The zero-order valence-electron chi connectivity index (χ0n) is 9.56. The van der Waals surface area contributed by atoms with Gasteiger partial charge in [-0.1, -0.05) is 0 Å². The van der Waals surface area contributed by atoms with E-state index in [9.17, 15) is 9.59 Å². The van der Waals surface area contributed by atoms with E-state index in [0.29, 0.717) is 5.75 Å². The molecule has 0 aliphatic rings. The van der Waals surface area contributed by atoms with Crippen molar-refractivity contribution in [3.05, 3.63) is 23.8 Å². The number of hydrogen-bond donors (Lipinski definition) is 3. The van der Waals surface area contributed by atoms with E-state index in [1.807, 2.05) is 0 Å². The second-order valence-corrected chi connectivity index (χ2v) is 3.49. The van der Waals surface area contributed by atoms with Crippen LogP contribution in [0, 0.1) is 0 Å². The van der Waals surface area contributed by atoms with E-state index in [2.05, 4.69) is 5.32 Å². The molecule has 0 bridgehead atoms. The summed E-state index contributed by atoms with van der Waals surface area (Å²) < 4.78 is 4.94. The Bertz CT molecular complexity index is 445. The third-order valence-corrected chi connectivity index (χ3v) is 2.22. The number of ether oxygens (including phenoxy) is 1. The second-order valence-electron chi connectivity index (χ2n) is 3.49. The van der Waals surface area contributed by atoms with Gasteiger partial charge in [-0.25, -0.2) is 0 Å². The Balaban J connectivity index is 2.86. The van der Waals surface area contributed by atoms with Gasteiger partial charge in [-0.15, -0.1) is 0 Å². The topological polar surface area (TPSA) is 102 Å². The predicted octanol–water partition coefficient (Wildman–Crippen LogP) is 0.480. The minimum absolute atomic E-state index is 0.221. The summed E-state index contributed by atoms with van der Waals surface area (Å²) in [6, 6.07) is 3.60. The molecule has 0 spiro atoms. The molecule has 1 atom stereocenters. The molecule has 1 amide bonds. The average molecular weight is 238 g/mol. The molecule has 17 heavy (non-hydrogen) atoms. The molecule has 0 aromatic heterocycles. The van der Waals surface area contributed by atoms with Crippen molar-refractivity contribution in [2.24, 2.45) is 0 Å². The first-order valence-corrected chi connectivity index (χ1v) is 4.93. The fraction of sp³-hybridized carbons (Fsp3) is 0.273. The van der Waals surface area contributed by atoms with Gasteiger partial charge in [-0.05, 0) is 19.1 Å². The monoisotopic (exact) mass is 238 g/mol. The summed E-state index contributed by atoms with van der Waals surface area (Å²) in [7, 11) is 1.49. The summed E-state index contributed by atoms with van der Waals surface area (Å²) in [5.41, 5.74) is 6.12. The Hall–Kier alpha value is -2.24. The quantitative estimate of drug-likeness (QED) is 0.662. The molecule has 0 heterocycles. The summed E-state index contributed by atoms with van der Waals surface area (Å²) in [5, 5.41) is 11.0. The number of aliphatic carboxylic acids is 1. The Labute approximate surface area is 98.4 Å². The van der Waals surface area contributed by atoms with E-state index in [1.54, 1.807) is 6.07 Å². The molecule has 4 N–H and O–H groups in total. The lowest BCUT2D eigenvalue weighted by Gasteiger charge is -2.11. The number of carbonyl (C=O) groups is 2. The van der Waals surface area contributed by atoms with Crippen LogP contribution in [-0.4, -0.2) is 30.1 Å². The van der Waals surface area contributed by atoms with Crippen LogP contribution in [0.25, 0.3) is 0 Å². The maximum absolute atomic E-state index is 11.7. The van der Waals surface area contributed by atoms with Crippen LogP contribution in [0.3, 0.4) is 0 Å². The van der Waals surface area contributed by atoms with Crippen LogP contribution >= 0.6 is 0 Å². The number of carboxylic acids is 1. The van der Waals surface area contributed by atoms with Gasteiger partial charge >= 0.3 is 5.97 Å². The van der Waals surface area contributed by atoms with Gasteiger partial charge < -0.3 is 20.9 Å². The number of nitrogens with two attached hydrogens (primary N) is 1. The first-order valence-electron chi connectivity index (χ1n) is 4.93. The van der Waals surface area contributed by atoms with E-state index in [4.69, 9.17) is 15.6 Å². The summed E-state index contributed by atoms with van der Waals surface area (Å²) in [4.78, 5) is 22.3. The summed E-state index contributed by atoms with van der Waals surface area (Å²) >= 11 is 0. The van der Waals surface area contributed by atoms with Crippen LogP contribution in [0.15, 0.2) is 18.2 Å². The Morgan fingerprint density at radius 3 is 2.59 bits per heavy atom. The Morgan fingerprint density at radius 1 is 1.47 bits per heavy atom. The molecule has 1 rings (SSSR count). The maximum Gasteiger partial charge on any atom is 0.325 e. The standard InChI is InChI=1S/C11H14N2O4/c1-6(11(15)16)13-10(14)8-4-3-7(17-2)5-9(8)12/h3-6H,12H2,1-2H3,(H,13,14)(H,15,16)/t6-/m0/s1. The number of carbonyl (C=O) groups excluding carboxylic acids is 1. The van der Waals surface area contributed by atoms with Gasteiger partial charge in [0.15, 0.2) is 0 Å². The van der Waals surface area contributed by atoms with Crippen LogP contribution in [0.2, 0.25) is 0 Å². The number of benzene rings is 1. The lowest BCUT2D eigenvalue weighted by Crippen LogP contribution is -2.38. The fourth-order valence-corrected chi connectivity index (χ4v) is 1.21. The highest BCUT2D eigenvalue weighted by Gasteiger charge is 2.17. The third-order valence-electron chi connectivity index (χ3n) is 2.22. The van der Waals surface area contributed by atoms with Crippen molar-refractivity contribution >= 4 is 17.6 Å². The predicted molar refractivity (Wildman–Crippen MR) is 62.0 cm³/mol. The van der Waals surface area contributed by atoms with E-state index in [-0.39, 0.29) is 11.3 Å². The molecule has 0 aliphatic carbocycles. The number of rotatable bonds is 4. The third kappa shape index (κ3) is 3.10. The summed E-state index contributed by atoms with van der Waals surface area (Å²) in [6.07, 6.45) is 0. The lowest BCUT2D eigenvalue weighted by molar-refractivity contribution is -0.138. The molecular weight excluding hydrogens is 224 g/mol. The van der Waals surface area contributed by atoms with Crippen LogP contribution in [0.1, 0.15) is 17.3 Å². The minimum atomic E-state index is -1.11. The summed E-state index contributed by atoms with van der Waals surface area (Å²) in [6.45, 7) is 1.37. The van der Waals surface area contributed by atoms with Crippen molar-refractivity contribution in [3.8, 4) is 5.75 Å². The molecule has 0 saturated carbocycles. The van der Waals surface area contributed by atoms with Crippen LogP contribution in [0.5, 0.6) is 5.75 Å². The zero-order chi connectivity index (χ0) is 13.0. The number of hydrogen-bond acceptors (Lipinski definition) is 4. The second kappa shape index (κ2) is 5.20. The number of carboxylic acid groups (broad SMARTS) is 1. The molecule has 1 aromatic carbocycles. The van der Waals surface area contributed by atoms with E-state index < -0.39 is 17.9 Å². The van der Waals surface area contributed by atoms with Crippen LogP contribution < -0.4 is 15.8 Å². The number of nitrogens with one attached hydrogen (secondary N) is 1. The smallest absolute Gasteiger partial charge is 0.325 e. The van der Waals surface area contributed by atoms with Crippen molar-refractivity contribution in [1.82, 2.24) is 5.32 Å². The number of nitrogen functional groups attached to an aromatic ring is 1. The Kier molecular flexibility index (Phi) is 3.92. The highest BCUT2D eigenvalue weighted by Crippen LogP contribution is 2.19. The molecule has 1 aromatic rings. The Morgan fingerprint density at radius 2 is 2.12 bits per heavy atom. The molecule has 92 valence electrons. The van der Waals surface area contributed by atoms with Crippen LogP contribution in [-0.2, 0) is 4.79 Å². The molecule has 0 saturated heterocycles. The molecule has 0 radical (unpaired) electrons. The van der Waals surface area contributed by atoms with Gasteiger partial charge in [0.1, 0.15) is 11.8 Å². The van der Waals surface area contributed by atoms with Crippen molar-refractivity contribution < 1.29 is 19.4 Å². The van der Waals surface area contributed by atoms with Gasteiger partial charge in [-0.2, -0.15) is 0 Å². The van der Waals surface area contributed by atoms with Gasteiger partial charge in [0.05, 0.1) is 12.7 Å². The molecule has 0 fully saturated rings. The highest BCUT2D eigenvalue weighted by molar-refractivity contribution is 6.00. The molecular formula is C11H14N2O4. The van der Waals surface area contributed by atoms with Gasteiger partial charge in [0.25, 0.3) is 5.91 Å². The van der Waals surface area contributed by atoms with Crippen molar-refractivity contribution in [2.75, 3.05) is 12.8 Å². The average Bonchev–Trinajstić information content (AvgIpc) is 2.28. The first-order chi connectivity index (χ1) is 7.95. The zero-order valence-corrected chi connectivity index (χ0v) is 9.56. The number of amides is 1. The highest BCUT2D eigenvalue weighted by atomic mass is 16.5. The largest absolute Gasteiger partial charge is 0.497 e. The molecule has 0 unspecified atom stereocenters. The van der Waals surface area contributed by atoms with Gasteiger partial charge in [0, 0.05) is 11.8 Å². The molecule has 6 nitrogen and oxygen atoms in total. The summed E-state index contributed by atoms with van der Waals surface area (Å²) in [5.74, 6) is -1.10. The fourth-order valence-electron chi connectivity index (χ4n) is 1.21. The lowest BCUT2D eigenvalue weighted by atomic mass is 10.1. The van der Waals surface area contributed by atoms with Crippen LogP contribution in [0.4, 0.5) is 5.69 Å². The molecule has 0 aliphatic heterocycles. The minimum Gasteiger partial charge on any atom is -0.497 e. The van der Waals surface area contributed by atoms with E-state index in [0.717, 1.165) is 0 Å². The van der Waals surface area contributed by atoms with Gasteiger partial charge in [-0.3, -0.25) is 9.59 Å². The van der Waals surface area contributed by atoms with Crippen molar-refractivity contribution in [1.29, 1.82) is 0 Å². The normalized spacial score (nSPS) is 11.6. The molecule has 6 heteroatoms. The SMILES string of the molecule is COc1ccc(C(=O)N[C@@H](C)C(=O)O)c(N)c1. The van der Waals surface area contributed by atoms with Gasteiger partial charge in [0.2, 0.25) is 0 Å². The number of anilines is 1. The van der Waals surface area contributed by atoms with E-state index in [1.165, 1.54) is 26.2 Å². The van der Waals surface area contributed by atoms with Crippen molar-refractivity contribution in [2.45, 2.75) is 13.0 Å².